The fourth-order valence-electron chi connectivity index (χ4n) is 3.17. The summed E-state index contributed by atoms with van der Waals surface area (Å²) in [6, 6.07) is 7.63. The average Bonchev–Trinajstić information content (AvgIpc) is 2.58. The van der Waals surface area contributed by atoms with Gasteiger partial charge >= 0.3 is 0 Å². The SMILES string of the molecule is CCN(CC)C(=O)c1ccc(NC(=O)CN2CCCC[C@H]2C)cc1. The van der Waals surface area contributed by atoms with Crippen molar-refractivity contribution in [2.45, 2.75) is 46.1 Å². The van der Waals surface area contributed by atoms with Gasteiger partial charge in [0.05, 0.1) is 6.54 Å². The zero-order chi connectivity index (χ0) is 17.5. The summed E-state index contributed by atoms with van der Waals surface area (Å²) in [5.41, 5.74) is 1.39. The van der Waals surface area contributed by atoms with Gasteiger partial charge in [0.15, 0.2) is 0 Å². The summed E-state index contributed by atoms with van der Waals surface area (Å²) < 4.78 is 0. The number of anilines is 1. The van der Waals surface area contributed by atoms with E-state index >= 15 is 0 Å². The molecule has 1 aromatic carbocycles. The Morgan fingerprint density at radius 2 is 1.83 bits per heavy atom. The number of likely N-dealkylation sites (tertiary alicyclic amines) is 1. The fraction of sp³-hybridized carbons (Fsp3) is 0.579. The van der Waals surface area contributed by atoms with Crippen LogP contribution in [0.1, 0.15) is 50.4 Å². The minimum Gasteiger partial charge on any atom is -0.339 e. The van der Waals surface area contributed by atoms with Gasteiger partial charge in [0.2, 0.25) is 5.91 Å². The molecular formula is C19H29N3O2. The van der Waals surface area contributed by atoms with Crippen LogP contribution in [0.4, 0.5) is 5.69 Å². The fourth-order valence-corrected chi connectivity index (χ4v) is 3.17. The van der Waals surface area contributed by atoms with Crippen molar-refractivity contribution in [3.8, 4) is 0 Å². The summed E-state index contributed by atoms with van der Waals surface area (Å²) in [5, 5.41) is 2.93. The molecule has 1 fully saturated rings. The maximum Gasteiger partial charge on any atom is 0.253 e. The van der Waals surface area contributed by atoms with Crippen molar-refractivity contribution >= 4 is 17.5 Å². The Morgan fingerprint density at radius 1 is 1.17 bits per heavy atom. The molecule has 2 rings (SSSR count). The van der Waals surface area contributed by atoms with E-state index in [4.69, 9.17) is 0 Å². The summed E-state index contributed by atoms with van der Waals surface area (Å²) >= 11 is 0. The van der Waals surface area contributed by atoms with Crippen molar-refractivity contribution in [2.75, 3.05) is 31.5 Å². The number of rotatable bonds is 6. The molecule has 1 N–H and O–H groups in total. The van der Waals surface area contributed by atoms with Crippen LogP contribution >= 0.6 is 0 Å². The smallest absolute Gasteiger partial charge is 0.253 e. The second-order valence-electron chi connectivity index (χ2n) is 6.42. The Morgan fingerprint density at radius 3 is 2.42 bits per heavy atom. The number of benzene rings is 1. The lowest BCUT2D eigenvalue weighted by Gasteiger charge is -2.32. The molecule has 5 nitrogen and oxygen atoms in total. The van der Waals surface area contributed by atoms with Crippen molar-refractivity contribution < 1.29 is 9.59 Å². The van der Waals surface area contributed by atoms with Crippen molar-refractivity contribution in [1.82, 2.24) is 9.80 Å². The molecule has 0 spiro atoms. The normalized spacial score (nSPS) is 18.2. The summed E-state index contributed by atoms with van der Waals surface area (Å²) in [5.74, 6) is 0.0339. The highest BCUT2D eigenvalue weighted by Gasteiger charge is 2.20. The number of hydrogen-bond acceptors (Lipinski definition) is 3. The van der Waals surface area contributed by atoms with Crippen LogP contribution in [-0.4, -0.2) is 53.8 Å². The maximum absolute atomic E-state index is 12.3. The van der Waals surface area contributed by atoms with Gasteiger partial charge in [-0.25, -0.2) is 0 Å². The first-order valence-corrected chi connectivity index (χ1v) is 8.98. The Balaban J connectivity index is 1.91. The van der Waals surface area contributed by atoms with Crippen LogP contribution in [-0.2, 0) is 4.79 Å². The predicted molar refractivity (Wildman–Crippen MR) is 97.2 cm³/mol. The number of amides is 2. The molecule has 1 saturated heterocycles. The van der Waals surface area contributed by atoms with Crippen molar-refractivity contribution in [1.29, 1.82) is 0 Å². The topological polar surface area (TPSA) is 52.7 Å². The number of carbonyl (C=O) groups excluding carboxylic acids is 2. The first-order chi connectivity index (χ1) is 11.5. The number of carbonyl (C=O) groups is 2. The third-order valence-corrected chi connectivity index (χ3v) is 4.75. The van der Waals surface area contributed by atoms with Gasteiger partial charge in [-0.3, -0.25) is 14.5 Å². The van der Waals surface area contributed by atoms with E-state index in [2.05, 4.69) is 17.1 Å². The highest BCUT2D eigenvalue weighted by atomic mass is 16.2. The number of nitrogens with zero attached hydrogens (tertiary/aromatic N) is 2. The standard InChI is InChI=1S/C19H29N3O2/c1-4-21(5-2)19(24)16-9-11-17(12-10-16)20-18(23)14-22-13-7-6-8-15(22)3/h9-12,15H,4-8,13-14H2,1-3H3,(H,20,23)/t15-/m1/s1. The Labute approximate surface area is 145 Å². The first kappa shape index (κ1) is 18.5. The zero-order valence-electron chi connectivity index (χ0n) is 15.0. The van der Waals surface area contributed by atoms with Gasteiger partial charge in [0, 0.05) is 30.4 Å². The highest BCUT2D eigenvalue weighted by molar-refractivity contribution is 5.96. The Hall–Kier alpha value is -1.88. The number of nitrogens with one attached hydrogen (secondary N) is 1. The Kier molecular flexibility index (Phi) is 6.79. The molecule has 1 heterocycles. The maximum atomic E-state index is 12.3. The van der Waals surface area contributed by atoms with Crippen LogP contribution < -0.4 is 5.32 Å². The molecule has 1 aliphatic heterocycles. The van der Waals surface area contributed by atoms with E-state index in [-0.39, 0.29) is 11.8 Å². The van der Waals surface area contributed by atoms with Gasteiger partial charge in [-0.2, -0.15) is 0 Å². The van der Waals surface area contributed by atoms with Crippen molar-refractivity contribution in [3.63, 3.8) is 0 Å². The molecule has 2 amide bonds. The van der Waals surface area contributed by atoms with E-state index in [0.717, 1.165) is 18.7 Å². The Bertz CT molecular complexity index is 552. The van der Waals surface area contributed by atoms with Crippen LogP contribution in [0.25, 0.3) is 0 Å². The summed E-state index contributed by atoms with van der Waals surface area (Å²) in [6.45, 7) is 8.94. The predicted octanol–water partition coefficient (Wildman–Crippen LogP) is 2.98. The van der Waals surface area contributed by atoms with Gasteiger partial charge < -0.3 is 10.2 Å². The monoisotopic (exact) mass is 331 g/mol. The third-order valence-electron chi connectivity index (χ3n) is 4.75. The molecule has 0 unspecified atom stereocenters. The van der Waals surface area contributed by atoms with Crippen molar-refractivity contribution in [2.24, 2.45) is 0 Å². The molecule has 0 bridgehead atoms. The van der Waals surface area contributed by atoms with Gasteiger partial charge in [-0.1, -0.05) is 6.42 Å². The quantitative estimate of drug-likeness (QED) is 0.872. The molecular weight excluding hydrogens is 302 g/mol. The summed E-state index contributed by atoms with van der Waals surface area (Å²) in [6.07, 6.45) is 3.58. The summed E-state index contributed by atoms with van der Waals surface area (Å²) in [4.78, 5) is 28.5. The van der Waals surface area contributed by atoms with E-state index in [0.29, 0.717) is 31.2 Å². The van der Waals surface area contributed by atoms with E-state index < -0.39 is 0 Å². The van der Waals surface area contributed by atoms with Gasteiger partial charge in [-0.15, -0.1) is 0 Å². The van der Waals surface area contributed by atoms with E-state index in [1.807, 2.05) is 13.8 Å². The largest absolute Gasteiger partial charge is 0.339 e. The minimum atomic E-state index is 0.00608. The molecule has 24 heavy (non-hydrogen) atoms. The molecule has 0 saturated carbocycles. The molecule has 5 heteroatoms. The highest BCUT2D eigenvalue weighted by Crippen LogP contribution is 2.16. The third kappa shape index (κ3) is 4.81. The van der Waals surface area contributed by atoms with E-state index in [9.17, 15) is 9.59 Å². The van der Waals surface area contributed by atoms with Crippen LogP contribution in [0, 0.1) is 0 Å². The first-order valence-electron chi connectivity index (χ1n) is 8.98. The molecule has 0 aliphatic carbocycles. The van der Waals surface area contributed by atoms with Crippen LogP contribution in [0.2, 0.25) is 0 Å². The van der Waals surface area contributed by atoms with E-state index in [1.165, 1.54) is 12.8 Å². The molecule has 0 aromatic heterocycles. The molecule has 0 radical (unpaired) electrons. The lowest BCUT2D eigenvalue weighted by molar-refractivity contribution is -0.118. The van der Waals surface area contributed by atoms with Crippen LogP contribution in [0.3, 0.4) is 0 Å². The average molecular weight is 331 g/mol. The molecule has 1 atom stereocenters. The molecule has 1 aliphatic rings. The van der Waals surface area contributed by atoms with E-state index in [1.54, 1.807) is 29.2 Å². The van der Waals surface area contributed by atoms with Crippen LogP contribution in [0.5, 0.6) is 0 Å². The number of piperidine rings is 1. The lowest BCUT2D eigenvalue weighted by atomic mass is 10.0. The summed E-state index contributed by atoms with van der Waals surface area (Å²) in [7, 11) is 0. The second kappa shape index (κ2) is 8.83. The second-order valence-corrected chi connectivity index (χ2v) is 6.42. The minimum absolute atomic E-state index is 0.00608. The van der Waals surface area contributed by atoms with Gasteiger partial charge in [0.1, 0.15) is 0 Å². The van der Waals surface area contributed by atoms with Gasteiger partial charge in [-0.05, 0) is 64.4 Å². The van der Waals surface area contributed by atoms with Gasteiger partial charge in [0.25, 0.3) is 5.91 Å². The van der Waals surface area contributed by atoms with Crippen molar-refractivity contribution in [3.05, 3.63) is 29.8 Å². The molecule has 1 aromatic rings. The molecule has 132 valence electrons. The number of hydrogen-bond donors (Lipinski definition) is 1. The zero-order valence-corrected chi connectivity index (χ0v) is 15.0. The lowest BCUT2D eigenvalue weighted by Crippen LogP contribution is -2.42. The van der Waals surface area contributed by atoms with Crippen LogP contribution in [0.15, 0.2) is 24.3 Å².